The van der Waals surface area contributed by atoms with Gasteiger partial charge in [-0.2, -0.15) is 5.10 Å². The predicted molar refractivity (Wildman–Crippen MR) is 63.5 cm³/mol. The summed E-state index contributed by atoms with van der Waals surface area (Å²) in [6.45, 7) is 9.93. The van der Waals surface area contributed by atoms with Crippen molar-refractivity contribution in [3.63, 3.8) is 0 Å². The van der Waals surface area contributed by atoms with Crippen LogP contribution >= 0.6 is 0 Å². The molecule has 84 valence electrons. The van der Waals surface area contributed by atoms with E-state index < -0.39 is 0 Å². The van der Waals surface area contributed by atoms with E-state index in [-0.39, 0.29) is 5.82 Å². The van der Waals surface area contributed by atoms with Crippen LogP contribution in [0.1, 0.15) is 33.3 Å². The van der Waals surface area contributed by atoms with Crippen molar-refractivity contribution in [2.24, 2.45) is 0 Å². The summed E-state index contributed by atoms with van der Waals surface area (Å²) in [7, 11) is 0. The third-order valence-corrected chi connectivity index (χ3v) is 1.78. The predicted octanol–water partition coefficient (Wildman–Crippen LogP) is 4.06. The van der Waals surface area contributed by atoms with Crippen LogP contribution in [0, 0.1) is 12.7 Å². The zero-order chi connectivity index (χ0) is 11.8. The molecule has 1 N–H and O–H groups in total. The molecule has 1 aromatic heterocycles. The van der Waals surface area contributed by atoms with Crippen molar-refractivity contribution in [1.82, 2.24) is 10.2 Å². The molecule has 0 unspecified atom stereocenters. The molecule has 0 saturated heterocycles. The third kappa shape index (κ3) is 3.05. The maximum Gasteiger partial charge on any atom is 0.148 e. The highest BCUT2D eigenvalue weighted by atomic mass is 19.1. The minimum atomic E-state index is -0.247. The van der Waals surface area contributed by atoms with E-state index >= 15 is 0 Å². The first-order valence-electron chi connectivity index (χ1n) is 5.37. The van der Waals surface area contributed by atoms with Crippen molar-refractivity contribution in [3.05, 3.63) is 29.7 Å². The highest BCUT2D eigenvalue weighted by Crippen LogP contribution is 2.17. The highest BCUT2D eigenvalue weighted by molar-refractivity contribution is 5.81. The van der Waals surface area contributed by atoms with Gasteiger partial charge in [-0.05, 0) is 18.6 Å². The number of nitrogens with zero attached hydrogens (tertiary/aromatic N) is 1. The number of aromatic nitrogens is 2. The second-order valence-electron chi connectivity index (χ2n) is 2.52. The van der Waals surface area contributed by atoms with Crippen molar-refractivity contribution >= 4 is 10.9 Å². The van der Waals surface area contributed by atoms with Gasteiger partial charge in [0.15, 0.2) is 0 Å². The van der Waals surface area contributed by atoms with Crippen molar-refractivity contribution < 1.29 is 4.39 Å². The van der Waals surface area contributed by atoms with Gasteiger partial charge in [-0.25, -0.2) is 4.39 Å². The molecule has 0 saturated carbocycles. The Balaban J connectivity index is 0.000000442. The Labute approximate surface area is 90.5 Å². The fourth-order valence-corrected chi connectivity index (χ4v) is 1.14. The molecule has 2 rings (SSSR count). The maximum atomic E-state index is 12.9. The zero-order valence-corrected chi connectivity index (χ0v) is 10.1. The summed E-state index contributed by atoms with van der Waals surface area (Å²) in [5, 5.41) is 7.21. The average Bonchev–Trinajstić information content (AvgIpc) is 2.79. The molecule has 2 nitrogen and oxygen atoms in total. The first-order chi connectivity index (χ1) is 7.29. The van der Waals surface area contributed by atoms with Crippen LogP contribution in [0.15, 0.2) is 18.3 Å². The number of hydrogen-bond donors (Lipinski definition) is 1. The Morgan fingerprint density at radius 3 is 2.27 bits per heavy atom. The number of nitrogens with one attached hydrogen (secondary N) is 1. The molecule has 1 heterocycles. The summed E-state index contributed by atoms with van der Waals surface area (Å²) in [6, 6.07) is 3.18. The SMILES string of the molecule is CC.CC.Cc1ccc(F)c2[nH]ncc12. The van der Waals surface area contributed by atoms with Crippen LogP contribution in [0.3, 0.4) is 0 Å². The van der Waals surface area contributed by atoms with Crippen molar-refractivity contribution in [2.45, 2.75) is 34.6 Å². The van der Waals surface area contributed by atoms with Crippen LogP contribution < -0.4 is 0 Å². The van der Waals surface area contributed by atoms with Crippen LogP contribution in [-0.4, -0.2) is 10.2 Å². The van der Waals surface area contributed by atoms with Gasteiger partial charge >= 0.3 is 0 Å². The Kier molecular flexibility index (Phi) is 6.34. The molecule has 2 aromatic rings. The van der Waals surface area contributed by atoms with Gasteiger partial charge in [-0.1, -0.05) is 33.8 Å². The molecule has 0 atom stereocenters. The third-order valence-electron chi connectivity index (χ3n) is 1.78. The topological polar surface area (TPSA) is 28.7 Å². The molecule has 1 aromatic carbocycles. The molecule has 0 aliphatic rings. The van der Waals surface area contributed by atoms with Crippen LogP contribution in [0.25, 0.3) is 10.9 Å². The molecule has 0 amide bonds. The van der Waals surface area contributed by atoms with Gasteiger partial charge in [0.05, 0.1) is 6.20 Å². The van der Waals surface area contributed by atoms with E-state index in [2.05, 4.69) is 10.2 Å². The summed E-state index contributed by atoms with van der Waals surface area (Å²) in [4.78, 5) is 0. The molecular formula is C12H19FN2. The van der Waals surface area contributed by atoms with Gasteiger partial charge in [0.1, 0.15) is 11.3 Å². The first kappa shape index (κ1) is 13.6. The largest absolute Gasteiger partial charge is 0.275 e. The second kappa shape index (κ2) is 6.98. The van der Waals surface area contributed by atoms with Crippen LogP contribution in [0.5, 0.6) is 0 Å². The van der Waals surface area contributed by atoms with Crippen molar-refractivity contribution in [2.75, 3.05) is 0 Å². The summed E-state index contributed by atoms with van der Waals surface area (Å²) >= 11 is 0. The normalized spacial score (nSPS) is 8.67. The fraction of sp³-hybridized carbons (Fsp3) is 0.417. The Morgan fingerprint density at radius 2 is 1.73 bits per heavy atom. The van der Waals surface area contributed by atoms with Crippen LogP contribution in [0.4, 0.5) is 4.39 Å². The van der Waals surface area contributed by atoms with Crippen LogP contribution in [0.2, 0.25) is 0 Å². The van der Waals surface area contributed by atoms with E-state index in [1.54, 1.807) is 12.3 Å². The number of benzene rings is 1. The van der Waals surface area contributed by atoms with Gasteiger partial charge in [0, 0.05) is 5.39 Å². The fourth-order valence-electron chi connectivity index (χ4n) is 1.14. The van der Waals surface area contributed by atoms with E-state index in [1.165, 1.54) is 6.07 Å². The lowest BCUT2D eigenvalue weighted by molar-refractivity contribution is 0.636. The van der Waals surface area contributed by atoms with Gasteiger partial charge in [-0.15, -0.1) is 0 Å². The molecule has 0 bridgehead atoms. The lowest BCUT2D eigenvalue weighted by atomic mass is 10.1. The molecule has 15 heavy (non-hydrogen) atoms. The molecule has 3 heteroatoms. The molecular weight excluding hydrogens is 191 g/mol. The van der Waals surface area contributed by atoms with Crippen molar-refractivity contribution in [1.29, 1.82) is 0 Å². The number of aryl methyl sites for hydroxylation is 1. The summed E-state index contributed by atoms with van der Waals surface area (Å²) in [6.07, 6.45) is 1.63. The Morgan fingerprint density at radius 1 is 1.13 bits per heavy atom. The van der Waals surface area contributed by atoms with E-state index in [4.69, 9.17) is 0 Å². The highest BCUT2D eigenvalue weighted by Gasteiger charge is 2.03. The number of H-pyrrole nitrogens is 1. The number of hydrogen-bond acceptors (Lipinski definition) is 1. The van der Waals surface area contributed by atoms with Gasteiger partial charge in [-0.3, -0.25) is 5.10 Å². The molecule has 0 aliphatic carbocycles. The van der Waals surface area contributed by atoms with Gasteiger partial charge in [0.2, 0.25) is 0 Å². The second-order valence-corrected chi connectivity index (χ2v) is 2.52. The van der Waals surface area contributed by atoms with Gasteiger partial charge in [0.25, 0.3) is 0 Å². The molecule has 0 fully saturated rings. The number of fused-ring (bicyclic) bond motifs is 1. The Bertz CT molecular complexity index is 357. The van der Waals surface area contributed by atoms with E-state index in [9.17, 15) is 4.39 Å². The average molecular weight is 210 g/mol. The molecule has 0 spiro atoms. The Hall–Kier alpha value is -1.38. The number of aromatic amines is 1. The van der Waals surface area contributed by atoms with E-state index in [0.717, 1.165) is 10.9 Å². The lowest BCUT2D eigenvalue weighted by Gasteiger charge is -1.94. The quantitative estimate of drug-likeness (QED) is 0.697. The minimum absolute atomic E-state index is 0.247. The summed E-state index contributed by atoms with van der Waals surface area (Å²) in [5.41, 5.74) is 1.53. The standard InChI is InChI=1S/C8H7FN2.2C2H6/c1-5-2-3-7(9)8-6(5)4-10-11-8;2*1-2/h2-4H,1H3,(H,10,11);2*1-2H3. The van der Waals surface area contributed by atoms with Crippen molar-refractivity contribution in [3.8, 4) is 0 Å². The minimum Gasteiger partial charge on any atom is -0.275 e. The lowest BCUT2D eigenvalue weighted by Crippen LogP contribution is -1.79. The monoisotopic (exact) mass is 210 g/mol. The molecule has 0 radical (unpaired) electrons. The van der Waals surface area contributed by atoms with Crippen LogP contribution in [-0.2, 0) is 0 Å². The first-order valence-corrected chi connectivity index (χ1v) is 5.37. The number of rotatable bonds is 0. The summed E-state index contributed by atoms with van der Waals surface area (Å²) in [5.74, 6) is -0.247. The zero-order valence-electron chi connectivity index (χ0n) is 10.1. The maximum absolute atomic E-state index is 12.9. The smallest absolute Gasteiger partial charge is 0.148 e. The van der Waals surface area contributed by atoms with E-state index in [1.807, 2.05) is 34.6 Å². The summed E-state index contributed by atoms with van der Waals surface area (Å²) < 4.78 is 12.9. The molecule has 0 aliphatic heterocycles. The van der Waals surface area contributed by atoms with E-state index in [0.29, 0.717) is 5.52 Å². The van der Waals surface area contributed by atoms with Gasteiger partial charge < -0.3 is 0 Å². The number of halogens is 1.